The highest BCUT2D eigenvalue weighted by atomic mass is 32.2. The van der Waals surface area contributed by atoms with Crippen molar-refractivity contribution < 1.29 is 9.47 Å². The van der Waals surface area contributed by atoms with E-state index in [2.05, 4.69) is 62.4 Å². The first-order valence-corrected chi connectivity index (χ1v) is 17.3. The summed E-state index contributed by atoms with van der Waals surface area (Å²) in [5.41, 5.74) is 0. The lowest BCUT2D eigenvalue weighted by Crippen LogP contribution is -2.04. The number of para-hydroxylation sites is 1. The molecule has 2 aromatic rings. The third-order valence-corrected chi connectivity index (χ3v) is 8.46. The Kier molecular flexibility index (Phi) is 20.9. The van der Waals surface area contributed by atoms with Crippen LogP contribution in [0, 0.1) is 0 Å². The number of benzene rings is 2. The Bertz CT molecular complexity index is 807. The first kappa shape index (κ1) is 33.6. The van der Waals surface area contributed by atoms with E-state index in [1.807, 2.05) is 0 Å². The van der Waals surface area contributed by atoms with Gasteiger partial charge in [-0.15, -0.1) is 0 Å². The molecule has 2 nitrogen and oxygen atoms in total. The first-order chi connectivity index (χ1) is 19.3. The zero-order chi connectivity index (χ0) is 27.6. The average molecular weight is 555 g/mol. The van der Waals surface area contributed by atoms with Crippen LogP contribution in [0.2, 0.25) is 0 Å². The molecule has 0 atom stereocenters. The van der Waals surface area contributed by atoms with Gasteiger partial charge in [-0.1, -0.05) is 165 Å². The van der Waals surface area contributed by atoms with E-state index in [9.17, 15) is 0 Å². The van der Waals surface area contributed by atoms with Crippen molar-refractivity contribution >= 4 is 11.8 Å². The molecule has 0 saturated carbocycles. The number of unbranched alkanes of at least 4 members (excludes halogenated alkanes) is 18. The van der Waals surface area contributed by atoms with Crippen molar-refractivity contribution in [1.82, 2.24) is 0 Å². The SMILES string of the molecule is CCCCCCCCCCCCOc1cccc(Sc2ccccc2)c1OCCCCCCCCCCCC. The zero-order valence-electron chi connectivity index (χ0n) is 25.4. The third-order valence-electron chi connectivity index (χ3n) is 7.41. The maximum Gasteiger partial charge on any atom is 0.175 e. The minimum atomic E-state index is 0.761. The number of hydrogen-bond donors (Lipinski definition) is 0. The molecule has 0 saturated heterocycles. The minimum Gasteiger partial charge on any atom is -0.490 e. The van der Waals surface area contributed by atoms with Gasteiger partial charge in [-0.05, 0) is 37.1 Å². The molecule has 2 rings (SSSR count). The quantitative estimate of drug-likeness (QED) is 0.108. The molecular formula is C36H58O2S. The molecule has 0 radical (unpaired) electrons. The van der Waals surface area contributed by atoms with Crippen LogP contribution >= 0.6 is 11.8 Å². The van der Waals surface area contributed by atoms with Gasteiger partial charge in [-0.3, -0.25) is 0 Å². The summed E-state index contributed by atoms with van der Waals surface area (Å²) in [7, 11) is 0. The maximum atomic E-state index is 6.42. The van der Waals surface area contributed by atoms with Gasteiger partial charge in [0.15, 0.2) is 11.5 Å². The van der Waals surface area contributed by atoms with Crippen molar-refractivity contribution in [3.8, 4) is 11.5 Å². The highest BCUT2D eigenvalue weighted by Gasteiger charge is 2.13. The van der Waals surface area contributed by atoms with Crippen molar-refractivity contribution in [3.63, 3.8) is 0 Å². The zero-order valence-corrected chi connectivity index (χ0v) is 26.2. The second-order valence-electron chi connectivity index (χ2n) is 11.1. The lowest BCUT2D eigenvalue weighted by atomic mass is 10.1. The van der Waals surface area contributed by atoms with Gasteiger partial charge in [0.1, 0.15) is 0 Å². The number of hydrogen-bond acceptors (Lipinski definition) is 3. The van der Waals surface area contributed by atoms with Gasteiger partial charge in [0.05, 0.1) is 18.1 Å². The van der Waals surface area contributed by atoms with Crippen molar-refractivity contribution in [2.45, 2.75) is 152 Å². The van der Waals surface area contributed by atoms with Crippen LogP contribution in [0.25, 0.3) is 0 Å². The van der Waals surface area contributed by atoms with E-state index in [0.717, 1.165) is 42.4 Å². The molecule has 0 spiro atoms. The lowest BCUT2D eigenvalue weighted by Gasteiger charge is -2.16. The largest absolute Gasteiger partial charge is 0.490 e. The maximum absolute atomic E-state index is 6.42. The summed E-state index contributed by atoms with van der Waals surface area (Å²) in [5.74, 6) is 1.83. The van der Waals surface area contributed by atoms with Crippen LogP contribution in [0.5, 0.6) is 11.5 Å². The topological polar surface area (TPSA) is 18.5 Å². The molecule has 3 heteroatoms. The van der Waals surface area contributed by atoms with Crippen molar-refractivity contribution in [2.24, 2.45) is 0 Å². The fourth-order valence-electron chi connectivity index (χ4n) is 4.98. The highest BCUT2D eigenvalue weighted by Crippen LogP contribution is 2.41. The average Bonchev–Trinajstić information content (AvgIpc) is 2.96. The lowest BCUT2D eigenvalue weighted by molar-refractivity contribution is 0.253. The van der Waals surface area contributed by atoms with Gasteiger partial charge in [0.2, 0.25) is 0 Å². The Morgan fingerprint density at radius 1 is 0.462 bits per heavy atom. The second-order valence-corrected chi connectivity index (χ2v) is 12.2. The van der Waals surface area contributed by atoms with E-state index >= 15 is 0 Å². The Morgan fingerprint density at radius 2 is 0.923 bits per heavy atom. The summed E-state index contributed by atoms with van der Waals surface area (Å²) in [6, 6.07) is 16.9. The number of ether oxygens (including phenoxy) is 2. The summed E-state index contributed by atoms with van der Waals surface area (Å²) in [6.07, 6.45) is 26.8. The van der Waals surface area contributed by atoms with Gasteiger partial charge in [-0.2, -0.15) is 0 Å². The van der Waals surface area contributed by atoms with Gasteiger partial charge in [-0.25, -0.2) is 0 Å². The van der Waals surface area contributed by atoms with Gasteiger partial charge in [0.25, 0.3) is 0 Å². The van der Waals surface area contributed by atoms with E-state index in [-0.39, 0.29) is 0 Å². The molecule has 2 aromatic carbocycles. The van der Waals surface area contributed by atoms with Crippen LogP contribution in [-0.2, 0) is 0 Å². The van der Waals surface area contributed by atoms with Crippen molar-refractivity contribution in [3.05, 3.63) is 48.5 Å². The summed E-state index contributed by atoms with van der Waals surface area (Å²) >= 11 is 1.77. The molecule has 0 aromatic heterocycles. The fourth-order valence-corrected chi connectivity index (χ4v) is 5.93. The molecule has 0 aliphatic carbocycles. The van der Waals surface area contributed by atoms with Gasteiger partial charge in [0, 0.05) is 4.90 Å². The predicted octanol–water partition coefficient (Wildman–Crippen LogP) is 12.4. The van der Waals surface area contributed by atoms with Crippen LogP contribution in [0.3, 0.4) is 0 Å². The van der Waals surface area contributed by atoms with E-state index in [0.29, 0.717) is 0 Å². The molecule has 39 heavy (non-hydrogen) atoms. The standard InChI is InChI=1S/C36H58O2S/c1-3-5-7-9-11-13-15-17-19-24-31-37-34-29-26-30-35(39-33-27-22-21-23-28-33)36(34)38-32-25-20-18-16-14-12-10-8-6-4-2/h21-23,26-30H,3-20,24-25,31-32H2,1-2H3. The Morgan fingerprint density at radius 3 is 1.44 bits per heavy atom. The Balaban J connectivity index is 1.73. The second kappa shape index (κ2) is 24.2. The smallest absolute Gasteiger partial charge is 0.175 e. The normalized spacial score (nSPS) is 11.1. The van der Waals surface area contributed by atoms with E-state index < -0.39 is 0 Å². The Labute approximate surface area is 246 Å². The molecule has 0 bridgehead atoms. The monoisotopic (exact) mass is 554 g/mol. The molecule has 0 heterocycles. The molecule has 0 aliphatic heterocycles. The predicted molar refractivity (Wildman–Crippen MR) is 172 cm³/mol. The van der Waals surface area contributed by atoms with E-state index in [1.54, 1.807) is 11.8 Å². The highest BCUT2D eigenvalue weighted by molar-refractivity contribution is 7.99. The van der Waals surface area contributed by atoms with Crippen molar-refractivity contribution in [1.29, 1.82) is 0 Å². The minimum absolute atomic E-state index is 0.761. The fraction of sp³-hybridized carbons (Fsp3) is 0.667. The molecule has 0 amide bonds. The molecule has 0 aliphatic rings. The van der Waals surface area contributed by atoms with Crippen molar-refractivity contribution in [2.75, 3.05) is 13.2 Å². The first-order valence-electron chi connectivity index (χ1n) is 16.5. The summed E-state index contributed by atoms with van der Waals surface area (Å²) < 4.78 is 12.7. The van der Waals surface area contributed by atoms with Crippen LogP contribution in [-0.4, -0.2) is 13.2 Å². The summed E-state index contributed by atoms with van der Waals surface area (Å²) in [6.45, 7) is 6.10. The molecule has 0 fully saturated rings. The van der Waals surface area contributed by atoms with Gasteiger partial charge < -0.3 is 9.47 Å². The van der Waals surface area contributed by atoms with Crippen LogP contribution in [0.15, 0.2) is 58.3 Å². The van der Waals surface area contributed by atoms with E-state index in [4.69, 9.17) is 9.47 Å². The summed E-state index contributed by atoms with van der Waals surface area (Å²) in [5, 5.41) is 0. The van der Waals surface area contributed by atoms with Crippen LogP contribution in [0.4, 0.5) is 0 Å². The molecule has 0 N–H and O–H groups in total. The van der Waals surface area contributed by atoms with Crippen LogP contribution in [0.1, 0.15) is 142 Å². The third kappa shape index (κ3) is 16.9. The van der Waals surface area contributed by atoms with Gasteiger partial charge >= 0.3 is 0 Å². The summed E-state index contributed by atoms with van der Waals surface area (Å²) in [4.78, 5) is 2.38. The molecule has 220 valence electrons. The van der Waals surface area contributed by atoms with E-state index in [1.165, 1.54) is 120 Å². The molecular weight excluding hydrogens is 496 g/mol. The van der Waals surface area contributed by atoms with Crippen LogP contribution < -0.4 is 9.47 Å². The molecule has 0 unspecified atom stereocenters. The number of rotatable bonds is 26. The Hall–Kier alpha value is -1.61.